The van der Waals surface area contributed by atoms with Gasteiger partial charge in [0.05, 0.1) is 27.7 Å². The minimum Gasteiger partial charge on any atom is -0.462 e. The van der Waals surface area contributed by atoms with Crippen molar-refractivity contribution < 1.29 is 46.8 Å². The Balaban J connectivity index is 4.31. The molecule has 0 rings (SSSR count). The fourth-order valence-corrected chi connectivity index (χ4v) is 7.44. The number of ether oxygens (including phenoxy) is 2. The number of hydrogen-bond acceptors (Lipinski definition) is 8. The quantitative estimate of drug-likeness (QED) is 0.0121. The summed E-state index contributed by atoms with van der Waals surface area (Å²) in [6.45, 7) is 4.23. The number of quaternary nitrogens is 1. The Morgan fingerprint density at radius 3 is 1.51 bits per heavy atom. The average Bonchev–Trinajstić information content (AvgIpc) is 3.21. The first-order chi connectivity index (χ1) is 29.4. The smallest absolute Gasteiger partial charge is 0.462 e. The first kappa shape index (κ1) is 58.9. The average molecular weight is 883 g/mol. The third-order valence-corrected chi connectivity index (χ3v) is 11.6. The zero-order valence-corrected chi connectivity index (χ0v) is 40.8. The number of esters is 2. The molecule has 356 valence electrons. The van der Waals surface area contributed by atoms with E-state index in [1.54, 1.807) is 6.08 Å². The number of carbonyl (C=O) groups is 3. The van der Waals surface area contributed by atoms with Crippen LogP contribution in [0.5, 0.6) is 0 Å². The SMILES string of the molecule is CCCCCCCC/C=C\CCCCCCCCCCCCCC(=O)O[C@H](COC(=O)CCCCCCC/C=C\C=C\C(=O)CCCCC)COP(=O)(O)OCC[N+](C)(C)C. The van der Waals surface area contributed by atoms with Gasteiger partial charge in [-0.15, -0.1) is 0 Å². The Morgan fingerprint density at radius 1 is 0.541 bits per heavy atom. The lowest BCUT2D eigenvalue weighted by Crippen LogP contribution is -2.37. The third-order valence-electron chi connectivity index (χ3n) is 10.6. The predicted octanol–water partition coefficient (Wildman–Crippen LogP) is 13.7. The molecule has 0 spiro atoms. The number of phosphoric ester groups is 1. The monoisotopic (exact) mass is 883 g/mol. The van der Waals surface area contributed by atoms with Gasteiger partial charge in [-0.25, -0.2) is 4.57 Å². The molecule has 0 aliphatic carbocycles. The van der Waals surface area contributed by atoms with Crippen LogP contribution in [0.1, 0.15) is 213 Å². The molecule has 0 bridgehead atoms. The summed E-state index contributed by atoms with van der Waals surface area (Å²) in [6.07, 6.45) is 44.6. The highest BCUT2D eigenvalue weighted by Crippen LogP contribution is 2.43. The van der Waals surface area contributed by atoms with Gasteiger partial charge < -0.3 is 18.9 Å². The summed E-state index contributed by atoms with van der Waals surface area (Å²) in [6, 6.07) is 0. The number of nitrogens with zero attached hydrogens (tertiary/aromatic N) is 1. The minimum atomic E-state index is -4.40. The maximum absolute atomic E-state index is 12.7. The van der Waals surface area contributed by atoms with Gasteiger partial charge in [0.2, 0.25) is 0 Å². The van der Waals surface area contributed by atoms with Crippen LogP contribution in [0, 0.1) is 0 Å². The van der Waals surface area contributed by atoms with Crippen molar-refractivity contribution in [2.75, 3.05) is 47.5 Å². The molecule has 0 saturated carbocycles. The molecular formula is C50H93NO9P+. The van der Waals surface area contributed by atoms with Gasteiger partial charge in [0.1, 0.15) is 19.8 Å². The standard InChI is InChI=1S/C50H92NO9P/c1-6-8-10-11-12-13-14-15-16-17-18-19-20-21-22-23-24-27-31-34-38-42-50(54)60-48(46-59-61(55,56)58-44-43-51(3,4)5)45-57-49(53)41-37-33-30-28-25-26-29-32-36-40-47(52)39-35-9-7-2/h15-16,29,32,36,40,48H,6-14,17-28,30-31,33-35,37-39,41-46H2,1-5H3/p+1/b16-15-,32-29-,40-36+/t48-/m1/s1. The van der Waals surface area contributed by atoms with Crippen LogP contribution in [-0.4, -0.2) is 80.7 Å². The summed E-state index contributed by atoms with van der Waals surface area (Å²) < 4.78 is 34.3. The minimum absolute atomic E-state index is 0.0175. The Bertz CT molecular complexity index is 1200. The zero-order valence-electron chi connectivity index (χ0n) is 39.9. The van der Waals surface area contributed by atoms with Gasteiger partial charge in [-0.3, -0.25) is 23.4 Å². The van der Waals surface area contributed by atoms with Crippen LogP contribution in [0.4, 0.5) is 0 Å². The molecule has 0 aromatic heterocycles. The van der Waals surface area contributed by atoms with Gasteiger partial charge in [-0.2, -0.15) is 0 Å². The van der Waals surface area contributed by atoms with E-state index in [1.807, 2.05) is 33.3 Å². The van der Waals surface area contributed by atoms with Crippen LogP contribution in [0.3, 0.4) is 0 Å². The van der Waals surface area contributed by atoms with E-state index in [0.29, 0.717) is 30.3 Å². The molecule has 0 aromatic carbocycles. The van der Waals surface area contributed by atoms with Crippen LogP contribution in [0.15, 0.2) is 36.5 Å². The van der Waals surface area contributed by atoms with E-state index < -0.39 is 32.5 Å². The Hall–Kier alpha value is -2.10. The Kier molecular flexibility index (Phi) is 40.4. The molecular weight excluding hydrogens is 790 g/mol. The number of ketones is 1. The Morgan fingerprint density at radius 2 is 0.984 bits per heavy atom. The van der Waals surface area contributed by atoms with Gasteiger partial charge in [0.15, 0.2) is 11.9 Å². The van der Waals surface area contributed by atoms with E-state index in [-0.39, 0.29) is 31.8 Å². The van der Waals surface area contributed by atoms with Gasteiger partial charge in [-0.1, -0.05) is 166 Å². The number of allylic oxidation sites excluding steroid dienone is 6. The molecule has 0 heterocycles. The second kappa shape index (κ2) is 41.9. The van der Waals surface area contributed by atoms with Crippen molar-refractivity contribution in [1.82, 2.24) is 0 Å². The molecule has 0 aliphatic rings. The maximum atomic E-state index is 12.7. The summed E-state index contributed by atoms with van der Waals surface area (Å²) in [4.78, 5) is 47.2. The van der Waals surface area contributed by atoms with E-state index in [0.717, 1.165) is 70.6 Å². The van der Waals surface area contributed by atoms with Crippen LogP contribution in [-0.2, 0) is 37.5 Å². The molecule has 0 amide bonds. The van der Waals surface area contributed by atoms with Crippen LogP contribution < -0.4 is 0 Å². The summed E-state index contributed by atoms with van der Waals surface area (Å²) >= 11 is 0. The largest absolute Gasteiger partial charge is 0.472 e. The van der Waals surface area contributed by atoms with Crippen LogP contribution in [0.2, 0.25) is 0 Å². The number of carbonyl (C=O) groups excluding carboxylic acids is 3. The van der Waals surface area contributed by atoms with Crippen molar-refractivity contribution in [1.29, 1.82) is 0 Å². The van der Waals surface area contributed by atoms with Gasteiger partial charge in [-0.05, 0) is 63.9 Å². The summed E-state index contributed by atoms with van der Waals surface area (Å²) in [5, 5.41) is 0. The summed E-state index contributed by atoms with van der Waals surface area (Å²) in [5.74, 6) is -0.675. The van der Waals surface area contributed by atoms with Gasteiger partial charge >= 0.3 is 19.8 Å². The van der Waals surface area contributed by atoms with Crippen molar-refractivity contribution in [3.8, 4) is 0 Å². The molecule has 0 radical (unpaired) electrons. The lowest BCUT2D eigenvalue weighted by atomic mass is 10.0. The van der Waals surface area contributed by atoms with Gasteiger partial charge in [0, 0.05) is 19.3 Å². The molecule has 0 aromatic rings. The molecule has 10 nitrogen and oxygen atoms in total. The highest BCUT2D eigenvalue weighted by Gasteiger charge is 2.27. The van der Waals surface area contributed by atoms with Gasteiger partial charge in [0.25, 0.3) is 0 Å². The molecule has 0 fully saturated rings. The second-order valence-electron chi connectivity index (χ2n) is 17.9. The highest BCUT2D eigenvalue weighted by molar-refractivity contribution is 7.47. The highest BCUT2D eigenvalue weighted by atomic mass is 31.2. The zero-order chi connectivity index (χ0) is 45.1. The first-order valence-corrected chi connectivity index (χ1v) is 26.2. The molecule has 61 heavy (non-hydrogen) atoms. The summed E-state index contributed by atoms with van der Waals surface area (Å²) in [5.41, 5.74) is 0. The molecule has 0 saturated heterocycles. The van der Waals surface area contributed by atoms with E-state index >= 15 is 0 Å². The number of phosphoric acid groups is 1. The third kappa shape index (κ3) is 45.7. The number of rotatable bonds is 45. The van der Waals surface area contributed by atoms with Crippen LogP contribution in [0.25, 0.3) is 0 Å². The first-order valence-electron chi connectivity index (χ1n) is 24.7. The molecule has 1 N–H and O–H groups in total. The second-order valence-corrected chi connectivity index (χ2v) is 19.3. The number of unbranched alkanes of at least 4 members (excludes halogenated alkanes) is 24. The fourth-order valence-electron chi connectivity index (χ4n) is 6.70. The van der Waals surface area contributed by atoms with Crippen LogP contribution >= 0.6 is 7.82 Å². The lowest BCUT2D eigenvalue weighted by Gasteiger charge is -2.24. The van der Waals surface area contributed by atoms with E-state index in [1.165, 1.54) is 96.3 Å². The maximum Gasteiger partial charge on any atom is 0.472 e. The van der Waals surface area contributed by atoms with Crippen molar-refractivity contribution >= 4 is 25.5 Å². The van der Waals surface area contributed by atoms with Crippen molar-refractivity contribution in [2.45, 2.75) is 219 Å². The van der Waals surface area contributed by atoms with Crippen molar-refractivity contribution in [3.05, 3.63) is 36.5 Å². The lowest BCUT2D eigenvalue weighted by molar-refractivity contribution is -0.870. The number of hydrogen-bond donors (Lipinski definition) is 1. The van der Waals surface area contributed by atoms with Crippen molar-refractivity contribution in [2.24, 2.45) is 0 Å². The normalized spacial score (nSPS) is 13.7. The van der Waals surface area contributed by atoms with E-state index in [4.69, 9.17) is 18.5 Å². The Labute approximate surface area is 374 Å². The molecule has 11 heteroatoms. The summed E-state index contributed by atoms with van der Waals surface area (Å²) in [7, 11) is 1.43. The fraction of sp³-hybridized carbons (Fsp3) is 0.820. The topological polar surface area (TPSA) is 125 Å². The predicted molar refractivity (Wildman–Crippen MR) is 252 cm³/mol. The molecule has 2 atom stereocenters. The van der Waals surface area contributed by atoms with Crippen molar-refractivity contribution in [3.63, 3.8) is 0 Å². The molecule has 0 aliphatic heterocycles. The molecule has 1 unspecified atom stereocenters. The van der Waals surface area contributed by atoms with E-state index in [2.05, 4.69) is 32.1 Å². The van der Waals surface area contributed by atoms with E-state index in [9.17, 15) is 23.8 Å². The number of likely N-dealkylation sites (N-methyl/N-ethyl adjacent to an activating group) is 1.